The molecule has 0 aliphatic heterocycles. The van der Waals surface area contributed by atoms with E-state index in [-0.39, 0.29) is 27.7 Å². The molecule has 12 nitrogen and oxygen atoms in total. The molecule has 0 heterocycles. The number of amides is 1. The Morgan fingerprint density at radius 1 is 0.769 bits per heavy atom. The van der Waals surface area contributed by atoms with Gasteiger partial charge in [0.25, 0.3) is 10.0 Å². The lowest BCUT2D eigenvalue weighted by molar-refractivity contribution is -0.114. The third-order valence-corrected chi connectivity index (χ3v) is 7.95. The highest BCUT2D eigenvalue weighted by Crippen LogP contribution is 2.34. The second-order valence-corrected chi connectivity index (χ2v) is 11.6. The van der Waals surface area contributed by atoms with Crippen molar-refractivity contribution in [3.8, 4) is 23.0 Å². The van der Waals surface area contributed by atoms with E-state index >= 15 is 0 Å². The summed E-state index contributed by atoms with van der Waals surface area (Å²) in [7, 11) is -2.20. The minimum Gasteiger partial charge on any atom is -0.497 e. The first kappa shape index (κ1) is 29.4. The highest BCUT2D eigenvalue weighted by molar-refractivity contribution is 7.92. The molecule has 0 bridgehead atoms. The summed E-state index contributed by atoms with van der Waals surface area (Å²) in [6, 6.07) is 14.5. The third-order valence-electron chi connectivity index (χ3n) is 5.44. The highest BCUT2D eigenvalue weighted by Gasteiger charge is 2.25. The highest BCUT2D eigenvalue weighted by atomic mass is 32.2. The van der Waals surface area contributed by atoms with Crippen LogP contribution in [-0.4, -0.2) is 64.0 Å². The number of carbonyl (C=O) groups excluding carboxylic acids is 1. The fourth-order valence-electron chi connectivity index (χ4n) is 3.52. The Morgan fingerprint density at radius 3 is 1.92 bits per heavy atom. The van der Waals surface area contributed by atoms with E-state index in [1.807, 2.05) is 0 Å². The van der Waals surface area contributed by atoms with Crippen LogP contribution in [0.15, 0.2) is 65.6 Å². The number of hydrogen-bond donors (Lipinski definition) is 2. The van der Waals surface area contributed by atoms with Crippen molar-refractivity contribution in [3.63, 3.8) is 0 Å². The summed E-state index contributed by atoms with van der Waals surface area (Å²) < 4.78 is 75.0. The van der Waals surface area contributed by atoms with Gasteiger partial charge in [-0.25, -0.2) is 16.8 Å². The zero-order valence-electron chi connectivity index (χ0n) is 21.9. The van der Waals surface area contributed by atoms with Crippen LogP contribution in [0.2, 0.25) is 0 Å². The summed E-state index contributed by atoms with van der Waals surface area (Å²) in [5.41, 5.74) is 0.591. The van der Waals surface area contributed by atoms with E-state index in [0.29, 0.717) is 17.2 Å². The van der Waals surface area contributed by atoms with Gasteiger partial charge in [-0.05, 0) is 48.5 Å². The van der Waals surface area contributed by atoms with Gasteiger partial charge in [0, 0.05) is 17.8 Å². The van der Waals surface area contributed by atoms with Gasteiger partial charge in [-0.15, -0.1) is 0 Å². The molecule has 0 unspecified atom stereocenters. The molecule has 3 aromatic rings. The zero-order chi connectivity index (χ0) is 28.8. The SMILES string of the molecule is COc1ccc(OC)c(NS(=O)(=O)c2ccc(NC(=O)CN(c3ccc(OC)cc3OC)S(C)(=O)=O)cc2)c1. The van der Waals surface area contributed by atoms with Crippen LogP contribution in [0.1, 0.15) is 0 Å². The van der Waals surface area contributed by atoms with Gasteiger partial charge in [0.2, 0.25) is 15.9 Å². The van der Waals surface area contributed by atoms with Gasteiger partial charge in [-0.2, -0.15) is 0 Å². The quantitative estimate of drug-likeness (QED) is 0.330. The van der Waals surface area contributed by atoms with Crippen LogP contribution in [0.3, 0.4) is 0 Å². The minimum atomic E-state index is -4.01. The average Bonchev–Trinajstić information content (AvgIpc) is 2.90. The van der Waals surface area contributed by atoms with Crippen LogP contribution in [0, 0.1) is 0 Å². The summed E-state index contributed by atoms with van der Waals surface area (Å²) in [6.45, 7) is -0.557. The van der Waals surface area contributed by atoms with Crippen molar-refractivity contribution in [1.29, 1.82) is 0 Å². The number of sulfonamides is 2. The van der Waals surface area contributed by atoms with Crippen molar-refractivity contribution in [1.82, 2.24) is 0 Å². The van der Waals surface area contributed by atoms with Crippen LogP contribution in [0.25, 0.3) is 0 Å². The van der Waals surface area contributed by atoms with Crippen molar-refractivity contribution in [2.24, 2.45) is 0 Å². The smallest absolute Gasteiger partial charge is 0.262 e. The van der Waals surface area contributed by atoms with E-state index in [1.54, 1.807) is 18.2 Å². The first-order chi connectivity index (χ1) is 18.4. The first-order valence-electron chi connectivity index (χ1n) is 11.3. The fraction of sp³-hybridized carbons (Fsp3) is 0.240. The van der Waals surface area contributed by atoms with Gasteiger partial charge in [0.1, 0.15) is 29.5 Å². The van der Waals surface area contributed by atoms with Gasteiger partial charge in [-0.3, -0.25) is 13.8 Å². The maximum atomic E-state index is 12.9. The average molecular weight is 580 g/mol. The largest absolute Gasteiger partial charge is 0.497 e. The van der Waals surface area contributed by atoms with Crippen LogP contribution in [0.4, 0.5) is 17.1 Å². The molecule has 0 atom stereocenters. The van der Waals surface area contributed by atoms with Crippen molar-refractivity contribution >= 4 is 43.0 Å². The molecule has 0 saturated heterocycles. The molecule has 0 spiro atoms. The molecule has 2 N–H and O–H groups in total. The number of nitrogens with one attached hydrogen (secondary N) is 2. The molecule has 0 aliphatic rings. The number of hydrogen-bond acceptors (Lipinski definition) is 9. The second kappa shape index (κ2) is 12.1. The Bertz CT molecular complexity index is 1540. The van der Waals surface area contributed by atoms with Gasteiger partial charge in [0.05, 0.1) is 51.0 Å². The Balaban J connectivity index is 1.77. The molecule has 3 rings (SSSR count). The topological polar surface area (TPSA) is 150 Å². The van der Waals surface area contributed by atoms with Gasteiger partial charge < -0.3 is 24.3 Å². The fourth-order valence-corrected chi connectivity index (χ4v) is 5.44. The number of nitrogens with zero attached hydrogens (tertiary/aromatic N) is 1. The molecule has 14 heteroatoms. The number of methoxy groups -OCH3 is 4. The molecule has 0 aromatic heterocycles. The zero-order valence-corrected chi connectivity index (χ0v) is 23.6. The summed E-state index contributed by atoms with van der Waals surface area (Å²) >= 11 is 0. The summed E-state index contributed by atoms with van der Waals surface area (Å²) in [5, 5.41) is 2.57. The standard InChI is InChI=1S/C25H29N3O9S2/c1-34-18-9-13-23(36-3)21(14-18)27-39(32,33)20-10-6-17(7-11-20)26-25(29)16-28(38(5,30)31)22-12-8-19(35-2)15-24(22)37-4/h6-15,27H,16H2,1-5H3,(H,26,29). The molecule has 0 fully saturated rings. The number of benzene rings is 3. The lowest BCUT2D eigenvalue weighted by atomic mass is 10.2. The molecular formula is C25H29N3O9S2. The lowest BCUT2D eigenvalue weighted by Crippen LogP contribution is -2.37. The maximum Gasteiger partial charge on any atom is 0.262 e. The van der Waals surface area contributed by atoms with Gasteiger partial charge in [-0.1, -0.05) is 0 Å². The summed E-state index contributed by atoms with van der Waals surface area (Å²) in [4.78, 5) is 12.7. The number of carbonyl (C=O) groups is 1. The van der Waals surface area contributed by atoms with Crippen molar-refractivity contribution < 1.29 is 40.6 Å². The Morgan fingerprint density at radius 2 is 1.36 bits per heavy atom. The number of rotatable bonds is 12. The minimum absolute atomic E-state index is 0.0777. The Kier molecular flexibility index (Phi) is 9.14. The lowest BCUT2D eigenvalue weighted by Gasteiger charge is -2.24. The summed E-state index contributed by atoms with van der Waals surface area (Å²) in [5.74, 6) is 0.715. The van der Waals surface area contributed by atoms with E-state index in [0.717, 1.165) is 10.6 Å². The van der Waals surface area contributed by atoms with E-state index in [4.69, 9.17) is 18.9 Å². The Labute approximate surface area is 227 Å². The van der Waals surface area contributed by atoms with E-state index in [1.165, 1.54) is 70.9 Å². The van der Waals surface area contributed by atoms with Crippen LogP contribution in [-0.2, 0) is 24.8 Å². The molecule has 0 radical (unpaired) electrons. The van der Waals surface area contributed by atoms with Crippen LogP contribution in [0.5, 0.6) is 23.0 Å². The molecular weight excluding hydrogens is 550 g/mol. The number of anilines is 3. The molecule has 3 aromatic carbocycles. The molecule has 0 aliphatic carbocycles. The molecule has 39 heavy (non-hydrogen) atoms. The van der Waals surface area contributed by atoms with Crippen molar-refractivity contribution in [3.05, 3.63) is 60.7 Å². The van der Waals surface area contributed by atoms with Gasteiger partial charge >= 0.3 is 0 Å². The van der Waals surface area contributed by atoms with Crippen molar-refractivity contribution in [2.75, 3.05) is 55.6 Å². The maximum absolute atomic E-state index is 12.9. The normalized spacial score (nSPS) is 11.3. The predicted octanol–water partition coefficient (Wildman–Crippen LogP) is 2.93. The monoisotopic (exact) mass is 579 g/mol. The van der Waals surface area contributed by atoms with Crippen molar-refractivity contribution in [2.45, 2.75) is 4.90 Å². The van der Waals surface area contributed by atoms with E-state index < -0.39 is 32.5 Å². The first-order valence-corrected chi connectivity index (χ1v) is 14.6. The predicted molar refractivity (Wildman–Crippen MR) is 147 cm³/mol. The van der Waals surface area contributed by atoms with Crippen LogP contribution < -0.4 is 33.3 Å². The van der Waals surface area contributed by atoms with Gasteiger partial charge in [0.15, 0.2) is 0 Å². The molecule has 1 amide bonds. The number of ether oxygens (including phenoxy) is 4. The Hall–Kier alpha value is -4.17. The second-order valence-electron chi connectivity index (χ2n) is 8.05. The third kappa shape index (κ3) is 7.23. The van der Waals surface area contributed by atoms with E-state index in [9.17, 15) is 21.6 Å². The van der Waals surface area contributed by atoms with Crippen LogP contribution >= 0.6 is 0 Å². The van der Waals surface area contributed by atoms with E-state index in [2.05, 4.69) is 10.0 Å². The molecule has 0 saturated carbocycles. The molecule has 210 valence electrons. The summed E-state index contributed by atoms with van der Waals surface area (Å²) in [6.07, 6.45) is 0.966.